The number of amides is 2. The van der Waals surface area contributed by atoms with Gasteiger partial charge in [-0.15, -0.1) is 0 Å². The second kappa shape index (κ2) is 8.11. The van der Waals surface area contributed by atoms with Gasteiger partial charge in [-0.3, -0.25) is 9.59 Å². The molecule has 128 valence electrons. The van der Waals surface area contributed by atoms with Crippen LogP contribution in [0.5, 0.6) is 0 Å². The molecule has 1 heterocycles. The van der Waals surface area contributed by atoms with E-state index in [1.165, 1.54) is 7.11 Å². The number of nitrogens with one attached hydrogen (secondary N) is 2. The van der Waals surface area contributed by atoms with Gasteiger partial charge in [0, 0.05) is 19.7 Å². The molecule has 0 aliphatic heterocycles. The molecule has 0 fully saturated rings. The van der Waals surface area contributed by atoms with Gasteiger partial charge in [0.2, 0.25) is 5.91 Å². The zero-order chi connectivity index (χ0) is 17.5. The summed E-state index contributed by atoms with van der Waals surface area (Å²) >= 11 is 0. The molecular weight excluding hydrogens is 326 g/mol. The van der Waals surface area contributed by atoms with Gasteiger partial charge in [0.25, 0.3) is 0 Å². The summed E-state index contributed by atoms with van der Waals surface area (Å²) in [4.78, 5) is 27.2. The van der Waals surface area contributed by atoms with Crippen LogP contribution in [-0.2, 0) is 16.0 Å². The number of halogens is 2. The average molecular weight is 340 g/mol. The van der Waals surface area contributed by atoms with Crippen LogP contribution in [0, 0.1) is 11.6 Å². The molecule has 2 aromatic rings. The third-order valence-electron chi connectivity index (χ3n) is 2.78. The van der Waals surface area contributed by atoms with Crippen LogP contribution in [0.4, 0.5) is 14.5 Å². The SMILES string of the molecule is COCCNC(=O)c1nc(CC(=O)Nc2ccc(F)cc2F)no1. The maximum Gasteiger partial charge on any atom is 0.315 e. The van der Waals surface area contributed by atoms with Gasteiger partial charge < -0.3 is 19.9 Å². The number of benzene rings is 1. The number of aromatic nitrogens is 2. The van der Waals surface area contributed by atoms with E-state index in [-0.39, 0.29) is 30.4 Å². The van der Waals surface area contributed by atoms with Crippen molar-refractivity contribution in [3.8, 4) is 0 Å². The summed E-state index contributed by atoms with van der Waals surface area (Å²) in [5, 5.41) is 8.21. The Balaban J connectivity index is 1.91. The lowest BCUT2D eigenvalue weighted by atomic mass is 10.3. The molecule has 0 atom stereocenters. The van der Waals surface area contributed by atoms with Gasteiger partial charge in [-0.25, -0.2) is 8.78 Å². The molecule has 0 unspecified atom stereocenters. The van der Waals surface area contributed by atoms with E-state index in [0.717, 1.165) is 12.1 Å². The number of ether oxygens (including phenoxy) is 1. The van der Waals surface area contributed by atoms with E-state index in [1.54, 1.807) is 0 Å². The Bertz CT molecular complexity index is 735. The molecule has 0 spiro atoms. The lowest BCUT2D eigenvalue weighted by molar-refractivity contribution is -0.115. The lowest BCUT2D eigenvalue weighted by Crippen LogP contribution is -2.27. The predicted octanol–water partition coefficient (Wildman–Crippen LogP) is 0.905. The Kier molecular flexibility index (Phi) is 5.90. The number of anilines is 1. The lowest BCUT2D eigenvalue weighted by Gasteiger charge is -2.04. The van der Waals surface area contributed by atoms with Gasteiger partial charge >= 0.3 is 11.8 Å². The van der Waals surface area contributed by atoms with Crippen molar-refractivity contribution in [2.45, 2.75) is 6.42 Å². The molecule has 0 saturated carbocycles. The molecule has 0 aliphatic rings. The van der Waals surface area contributed by atoms with Crippen molar-refractivity contribution in [3.05, 3.63) is 41.5 Å². The molecule has 0 saturated heterocycles. The molecule has 1 aromatic heterocycles. The first-order chi connectivity index (χ1) is 11.5. The minimum atomic E-state index is -0.908. The van der Waals surface area contributed by atoms with Crippen LogP contribution in [-0.4, -0.2) is 42.2 Å². The summed E-state index contributed by atoms with van der Waals surface area (Å²) in [6, 6.07) is 2.75. The first-order valence-corrected chi connectivity index (χ1v) is 6.84. The van der Waals surface area contributed by atoms with Crippen molar-refractivity contribution < 1.29 is 27.6 Å². The Morgan fingerprint density at radius 1 is 1.33 bits per heavy atom. The van der Waals surface area contributed by atoms with Crippen molar-refractivity contribution in [3.63, 3.8) is 0 Å². The summed E-state index contributed by atoms with van der Waals surface area (Å²) < 4.78 is 35.7. The Morgan fingerprint density at radius 2 is 2.12 bits per heavy atom. The van der Waals surface area contributed by atoms with Crippen LogP contribution in [0.3, 0.4) is 0 Å². The number of hydrogen-bond acceptors (Lipinski definition) is 6. The van der Waals surface area contributed by atoms with Crippen LogP contribution in [0.1, 0.15) is 16.5 Å². The number of carbonyl (C=O) groups excluding carboxylic acids is 2. The fourth-order valence-corrected chi connectivity index (χ4v) is 1.69. The molecule has 2 rings (SSSR count). The Labute approximate surface area is 135 Å². The van der Waals surface area contributed by atoms with E-state index >= 15 is 0 Å². The second-order valence-electron chi connectivity index (χ2n) is 4.61. The molecule has 8 nitrogen and oxygen atoms in total. The third kappa shape index (κ3) is 4.81. The first kappa shape index (κ1) is 17.5. The summed E-state index contributed by atoms with van der Waals surface area (Å²) in [5.74, 6) is -3.26. The largest absolute Gasteiger partial charge is 0.383 e. The van der Waals surface area contributed by atoms with Gasteiger partial charge in [-0.1, -0.05) is 5.16 Å². The molecule has 2 N–H and O–H groups in total. The van der Waals surface area contributed by atoms with Crippen LogP contribution in [0.15, 0.2) is 22.7 Å². The molecule has 0 radical (unpaired) electrons. The van der Waals surface area contributed by atoms with Gasteiger partial charge in [0.15, 0.2) is 5.82 Å². The predicted molar refractivity (Wildman–Crippen MR) is 77.2 cm³/mol. The molecule has 24 heavy (non-hydrogen) atoms. The van der Waals surface area contributed by atoms with E-state index in [0.29, 0.717) is 12.7 Å². The van der Waals surface area contributed by atoms with Gasteiger partial charge in [0.05, 0.1) is 18.7 Å². The third-order valence-corrected chi connectivity index (χ3v) is 2.78. The zero-order valence-electron chi connectivity index (χ0n) is 12.6. The van der Waals surface area contributed by atoms with E-state index in [4.69, 9.17) is 9.26 Å². The van der Waals surface area contributed by atoms with Crippen LogP contribution >= 0.6 is 0 Å². The van der Waals surface area contributed by atoms with Gasteiger partial charge in [-0.2, -0.15) is 4.98 Å². The fourth-order valence-electron chi connectivity index (χ4n) is 1.69. The molecule has 1 aromatic carbocycles. The van der Waals surface area contributed by atoms with Gasteiger partial charge in [0.1, 0.15) is 11.6 Å². The molecule has 0 bridgehead atoms. The molecule has 0 aliphatic carbocycles. The van der Waals surface area contributed by atoms with E-state index in [9.17, 15) is 18.4 Å². The molecular formula is C14H14F2N4O4. The highest BCUT2D eigenvalue weighted by molar-refractivity contribution is 5.92. The molecule has 2 amide bonds. The molecule has 10 heteroatoms. The van der Waals surface area contributed by atoms with Crippen molar-refractivity contribution in [2.75, 3.05) is 25.6 Å². The Morgan fingerprint density at radius 3 is 2.83 bits per heavy atom. The first-order valence-electron chi connectivity index (χ1n) is 6.84. The smallest absolute Gasteiger partial charge is 0.315 e. The topological polar surface area (TPSA) is 106 Å². The van der Waals surface area contributed by atoms with Crippen molar-refractivity contribution in [1.29, 1.82) is 0 Å². The van der Waals surface area contributed by atoms with E-state index in [2.05, 4.69) is 20.8 Å². The van der Waals surface area contributed by atoms with Gasteiger partial charge in [-0.05, 0) is 12.1 Å². The van der Waals surface area contributed by atoms with Crippen LogP contribution in [0.2, 0.25) is 0 Å². The van der Waals surface area contributed by atoms with Crippen LogP contribution in [0.25, 0.3) is 0 Å². The summed E-state index contributed by atoms with van der Waals surface area (Å²) in [6.07, 6.45) is -0.342. The maximum absolute atomic E-state index is 13.4. The average Bonchev–Trinajstić information content (AvgIpc) is 2.99. The summed E-state index contributed by atoms with van der Waals surface area (Å²) in [5.41, 5.74) is -0.178. The monoisotopic (exact) mass is 340 g/mol. The van der Waals surface area contributed by atoms with Crippen molar-refractivity contribution >= 4 is 17.5 Å². The number of nitrogens with zero attached hydrogens (tertiary/aromatic N) is 2. The normalized spacial score (nSPS) is 10.5. The number of methoxy groups -OCH3 is 1. The fraction of sp³-hybridized carbons (Fsp3) is 0.286. The Hall–Kier alpha value is -2.88. The highest BCUT2D eigenvalue weighted by atomic mass is 19.1. The minimum Gasteiger partial charge on any atom is -0.383 e. The summed E-state index contributed by atoms with van der Waals surface area (Å²) in [7, 11) is 1.49. The quantitative estimate of drug-likeness (QED) is 0.726. The van der Waals surface area contributed by atoms with E-state index in [1.807, 2.05) is 0 Å². The van der Waals surface area contributed by atoms with Crippen molar-refractivity contribution in [2.24, 2.45) is 0 Å². The standard InChI is InChI=1S/C14H14F2N4O4/c1-23-5-4-17-13(22)14-19-11(20-24-14)7-12(21)18-10-3-2-8(15)6-9(10)16/h2-3,6H,4-5,7H2,1H3,(H,17,22)(H,18,21). The highest BCUT2D eigenvalue weighted by Gasteiger charge is 2.17. The van der Waals surface area contributed by atoms with E-state index < -0.39 is 23.4 Å². The van der Waals surface area contributed by atoms with Crippen LogP contribution < -0.4 is 10.6 Å². The summed E-state index contributed by atoms with van der Waals surface area (Å²) in [6.45, 7) is 0.579. The number of hydrogen-bond donors (Lipinski definition) is 2. The van der Waals surface area contributed by atoms with Crippen molar-refractivity contribution in [1.82, 2.24) is 15.5 Å². The number of carbonyl (C=O) groups is 2. The second-order valence-corrected chi connectivity index (χ2v) is 4.61. The highest BCUT2D eigenvalue weighted by Crippen LogP contribution is 2.15. The number of rotatable bonds is 7. The minimum absolute atomic E-state index is 0.0492. The maximum atomic E-state index is 13.4. The zero-order valence-corrected chi connectivity index (χ0v) is 12.6.